The van der Waals surface area contributed by atoms with E-state index in [4.69, 9.17) is 28.3 Å². The molecule has 2 rings (SSSR count). The zero-order chi connectivity index (χ0) is 16.3. The van der Waals surface area contributed by atoms with Crippen LogP contribution in [0.25, 0.3) is 0 Å². The van der Waals surface area contributed by atoms with E-state index >= 15 is 0 Å². The summed E-state index contributed by atoms with van der Waals surface area (Å²) in [4.78, 5) is 14.5. The Kier molecular flexibility index (Phi) is 5.02. The molecule has 0 atom stereocenters. The molecule has 1 aromatic heterocycles. The van der Waals surface area contributed by atoms with Gasteiger partial charge in [-0.1, -0.05) is 23.2 Å². The molecule has 0 saturated heterocycles. The fraction of sp³-hybridized carbons (Fsp3) is 0.0769. The quantitative estimate of drug-likeness (QED) is 0.853. The van der Waals surface area contributed by atoms with Gasteiger partial charge < -0.3 is 5.11 Å². The molecule has 9 heteroatoms. The van der Waals surface area contributed by atoms with Crippen LogP contribution in [0.4, 0.5) is 0 Å². The summed E-state index contributed by atoms with van der Waals surface area (Å²) in [5.74, 6) is -1.34. The molecule has 0 bridgehead atoms. The predicted molar refractivity (Wildman–Crippen MR) is 81.7 cm³/mol. The van der Waals surface area contributed by atoms with Crippen LogP contribution in [-0.4, -0.2) is 24.5 Å². The summed E-state index contributed by atoms with van der Waals surface area (Å²) in [5, 5.41) is 8.72. The van der Waals surface area contributed by atoms with Gasteiger partial charge in [-0.3, -0.25) is 4.98 Å². The van der Waals surface area contributed by atoms with Crippen molar-refractivity contribution in [1.82, 2.24) is 9.71 Å². The van der Waals surface area contributed by atoms with Crippen LogP contribution in [0.2, 0.25) is 10.0 Å². The van der Waals surface area contributed by atoms with Gasteiger partial charge in [0.2, 0.25) is 10.0 Å². The maximum atomic E-state index is 12.3. The minimum atomic E-state index is -3.99. The first-order chi connectivity index (χ1) is 10.3. The van der Waals surface area contributed by atoms with Gasteiger partial charge in [0, 0.05) is 18.9 Å². The lowest BCUT2D eigenvalue weighted by molar-refractivity contribution is 0.0697. The first-order valence-electron chi connectivity index (χ1n) is 5.92. The Bertz CT molecular complexity index is 810. The number of nitrogens with one attached hydrogen (secondary N) is 1. The van der Waals surface area contributed by atoms with Crippen molar-refractivity contribution in [2.75, 3.05) is 0 Å². The zero-order valence-corrected chi connectivity index (χ0v) is 13.3. The minimum Gasteiger partial charge on any atom is -0.478 e. The van der Waals surface area contributed by atoms with Gasteiger partial charge in [-0.05, 0) is 29.8 Å². The summed E-state index contributed by atoms with van der Waals surface area (Å²) < 4.78 is 26.9. The largest absolute Gasteiger partial charge is 0.478 e. The highest BCUT2D eigenvalue weighted by molar-refractivity contribution is 7.89. The number of pyridine rings is 1. The van der Waals surface area contributed by atoms with Gasteiger partial charge in [0.1, 0.15) is 4.90 Å². The van der Waals surface area contributed by atoms with Gasteiger partial charge in [0.05, 0.1) is 15.6 Å². The Morgan fingerprint density at radius 2 is 1.82 bits per heavy atom. The van der Waals surface area contributed by atoms with Gasteiger partial charge in [-0.25, -0.2) is 17.9 Å². The molecule has 0 unspecified atom stereocenters. The molecule has 0 amide bonds. The summed E-state index contributed by atoms with van der Waals surface area (Å²) >= 11 is 11.6. The van der Waals surface area contributed by atoms with Gasteiger partial charge in [-0.15, -0.1) is 0 Å². The van der Waals surface area contributed by atoms with E-state index in [1.165, 1.54) is 12.4 Å². The molecule has 1 aromatic carbocycles. The highest BCUT2D eigenvalue weighted by atomic mass is 35.5. The Balaban J connectivity index is 2.33. The number of aromatic carboxylic acids is 1. The maximum absolute atomic E-state index is 12.3. The standard InChI is InChI=1S/C13H10Cl2N2O4S/c14-10-6-11(15)12(5-9(10)13(18)19)22(20,21)17-7-8-1-3-16-4-2-8/h1-6,17H,7H2,(H,18,19). The minimum absolute atomic E-state index is 0.0201. The van der Waals surface area contributed by atoms with Crippen molar-refractivity contribution in [2.45, 2.75) is 11.4 Å². The van der Waals surface area contributed by atoms with Gasteiger partial charge in [0.15, 0.2) is 0 Å². The van der Waals surface area contributed by atoms with Crippen LogP contribution in [0.15, 0.2) is 41.6 Å². The maximum Gasteiger partial charge on any atom is 0.337 e. The molecule has 116 valence electrons. The first-order valence-corrected chi connectivity index (χ1v) is 8.16. The van der Waals surface area contributed by atoms with Crippen molar-refractivity contribution in [3.63, 3.8) is 0 Å². The molecular weight excluding hydrogens is 351 g/mol. The molecule has 22 heavy (non-hydrogen) atoms. The molecule has 2 N–H and O–H groups in total. The molecule has 0 aliphatic rings. The molecule has 0 spiro atoms. The van der Waals surface area contributed by atoms with Crippen molar-refractivity contribution < 1.29 is 18.3 Å². The second kappa shape index (κ2) is 6.62. The van der Waals surface area contributed by atoms with Crippen LogP contribution >= 0.6 is 23.2 Å². The Hall–Kier alpha value is -1.67. The molecule has 0 radical (unpaired) electrons. The molecular formula is C13H10Cl2N2O4S. The molecule has 6 nitrogen and oxygen atoms in total. The van der Waals surface area contributed by atoms with Crippen LogP contribution < -0.4 is 4.72 Å². The fourth-order valence-corrected chi connectivity index (χ4v) is 3.53. The molecule has 0 aliphatic heterocycles. The van der Waals surface area contributed by atoms with E-state index in [0.717, 1.165) is 12.1 Å². The monoisotopic (exact) mass is 360 g/mol. The molecule has 2 aromatic rings. The van der Waals surface area contributed by atoms with Crippen molar-refractivity contribution in [3.05, 3.63) is 57.8 Å². The number of hydrogen-bond donors (Lipinski definition) is 2. The van der Waals surface area contributed by atoms with Gasteiger partial charge in [0.25, 0.3) is 0 Å². The number of benzene rings is 1. The van der Waals surface area contributed by atoms with Crippen molar-refractivity contribution >= 4 is 39.2 Å². The smallest absolute Gasteiger partial charge is 0.337 e. The average Bonchev–Trinajstić information content (AvgIpc) is 2.45. The second-order valence-corrected chi connectivity index (χ2v) is 6.80. The van der Waals surface area contributed by atoms with Crippen molar-refractivity contribution in [3.8, 4) is 0 Å². The van der Waals surface area contributed by atoms with Crippen LogP contribution in [0.1, 0.15) is 15.9 Å². The summed E-state index contributed by atoms with van der Waals surface area (Å²) in [5.41, 5.74) is 0.359. The highest BCUT2D eigenvalue weighted by Crippen LogP contribution is 2.28. The number of carboxylic acids is 1. The highest BCUT2D eigenvalue weighted by Gasteiger charge is 2.22. The van der Waals surface area contributed by atoms with Crippen molar-refractivity contribution in [2.24, 2.45) is 0 Å². The van der Waals surface area contributed by atoms with E-state index in [0.29, 0.717) is 5.56 Å². The summed E-state index contributed by atoms with van der Waals surface area (Å²) in [6.07, 6.45) is 3.06. The number of sulfonamides is 1. The average molecular weight is 361 g/mol. The topological polar surface area (TPSA) is 96.4 Å². The molecule has 0 aliphatic carbocycles. The lowest BCUT2D eigenvalue weighted by Gasteiger charge is -2.10. The third kappa shape index (κ3) is 3.75. The molecule has 0 fully saturated rings. The Morgan fingerprint density at radius 1 is 1.18 bits per heavy atom. The number of hydrogen-bond acceptors (Lipinski definition) is 4. The fourth-order valence-electron chi connectivity index (χ4n) is 1.66. The zero-order valence-electron chi connectivity index (χ0n) is 11.0. The molecule has 0 saturated carbocycles. The van der Waals surface area contributed by atoms with Crippen LogP contribution in [0.3, 0.4) is 0 Å². The van der Waals surface area contributed by atoms with Crippen LogP contribution in [0.5, 0.6) is 0 Å². The van der Waals surface area contributed by atoms with Crippen LogP contribution in [0, 0.1) is 0 Å². The number of rotatable bonds is 5. The van der Waals surface area contributed by atoms with Crippen molar-refractivity contribution in [1.29, 1.82) is 0 Å². The Morgan fingerprint density at radius 3 is 2.41 bits per heavy atom. The number of halogens is 2. The summed E-state index contributed by atoms with van der Waals surface area (Å²) in [6, 6.07) is 5.32. The normalized spacial score (nSPS) is 11.4. The van der Waals surface area contributed by atoms with Crippen LogP contribution in [-0.2, 0) is 16.6 Å². The van der Waals surface area contributed by atoms with Gasteiger partial charge in [-0.2, -0.15) is 0 Å². The lowest BCUT2D eigenvalue weighted by atomic mass is 10.2. The SMILES string of the molecule is O=C(O)c1cc(S(=O)(=O)NCc2ccncc2)c(Cl)cc1Cl. The first kappa shape index (κ1) is 16.7. The summed E-state index contributed by atoms with van der Waals surface area (Å²) in [7, 11) is -3.99. The predicted octanol–water partition coefficient (Wildman–Crippen LogP) is 2.57. The van der Waals surface area contributed by atoms with Gasteiger partial charge >= 0.3 is 5.97 Å². The number of carbonyl (C=O) groups is 1. The van der Waals surface area contributed by atoms with E-state index in [2.05, 4.69) is 9.71 Å². The number of carboxylic acid groups (broad SMARTS) is 1. The summed E-state index contributed by atoms with van der Waals surface area (Å²) in [6.45, 7) is 0.0201. The van der Waals surface area contributed by atoms with E-state index in [9.17, 15) is 13.2 Å². The second-order valence-electron chi connectivity index (χ2n) is 4.25. The molecule has 1 heterocycles. The lowest BCUT2D eigenvalue weighted by Crippen LogP contribution is -2.24. The number of nitrogens with zero attached hydrogens (tertiary/aromatic N) is 1. The van der Waals surface area contributed by atoms with E-state index < -0.39 is 16.0 Å². The Labute approximate surface area is 136 Å². The third-order valence-electron chi connectivity index (χ3n) is 2.76. The van der Waals surface area contributed by atoms with E-state index in [1.54, 1.807) is 12.1 Å². The number of aromatic nitrogens is 1. The van der Waals surface area contributed by atoms with E-state index in [-0.39, 0.29) is 27.0 Å². The van der Waals surface area contributed by atoms with E-state index in [1.807, 2.05) is 0 Å². The third-order valence-corrected chi connectivity index (χ3v) is 4.94.